The van der Waals surface area contributed by atoms with Gasteiger partial charge in [-0.1, -0.05) is 58.9 Å². The molecule has 10 unspecified atom stereocenters. The van der Waals surface area contributed by atoms with Crippen LogP contribution >= 0.6 is 0 Å². The van der Waals surface area contributed by atoms with Crippen molar-refractivity contribution in [2.24, 2.45) is 56.7 Å². The van der Waals surface area contributed by atoms with Crippen LogP contribution in [0.5, 0.6) is 0 Å². The van der Waals surface area contributed by atoms with Crippen LogP contribution in [-0.2, 0) is 19.4 Å². The molecule has 0 radical (unpaired) electrons. The van der Waals surface area contributed by atoms with Gasteiger partial charge in [0.05, 0.1) is 17.3 Å². The zero-order valence-electron chi connectivity index (χ0n) is 34.5. The highest BCUT2D eigenvalue weighted by Gasteiger charge is 2.70. The highest BCUT2D eigenvalue weighted by molar-refractivity contribution is 7.91. The summed E-state index contributed by atoms with van der Waals surface area (Å²) in [5.74, 6) is 3.39. The van der Waals surface area contributed by atoms with E-state index < -0.39 is 9.84 Å². The number of fused-ring (bicyclic) bond motifs is 7. The summed E-state index contributed by atoms with van der Waals surface area (Å²) in [5, 5.41) is 4.12. The second-order valence-corrected chi connectivity index (χ2v) is 23.6. The maximum absolute atomic E-state index is 12.7. The van der Waals surface area contributed by atoms with E-state index in [1.54, 1.807) is 5.57 Å². The predicted molar refractivity (Wildman–Crippen MR) is 215 cm³/mol. The topological polar surface area (TPSA) is 75.7 Å². The molecule has 6 nitrogen and oxygen atoms in total. The van der Waals surface area contributed by atoms with Gasteiger partial charge >= 0.3 is 5.97 Å². The number of cyclic esters (lactones) is 1. The van der Waals surface area contributed by atoms with Crippen LogP contribution in [0.15, 0.2) is 35.5 Å². The van der Waals surface area contributed by atoms with Gasteiger partial charge in [0.1, 0.15) is 9.84 Å². The molecule has 0 bridgehead atoms. The number of allylic oxidation sites excluding steroid dienone is 5. The van der Waals surface area contributed by atoms with Crippen LogP contribution in [0, 0.1) is 56.7 Å². The van der Waals surface area contributed by atoms with E-state index >= 15 is 0 Å². The highest BCUT2D eigenvalue weighted by atomic mass is 32.2. The Morgan fingerprint density at radius 2 is 1.64 bits per heavy atom. The van der Waals surface area contributed by atoms with Gasteiger partial charge in [0, 0.05) is 24.9 Å². The van der Waals surface area contributed by atoms with Crippen molar-refractivity contribution in [3.05, 3.63) is 35.5 Å². The van der Waals surface area contributed by atoms with E-state index in [1.165, 1.54) is 75.2 Å². The highest BCUT2D eigenvalue weighted by Crippen LogP contribution is 2.76. The third-order valence-electron chi connectivity index (χ3n) is 18.9. The summed E-state index contributed by atoms with van der Waals surface area (Å²) in [6, 6.07) is 0. The van der Waals surface area contributed by atoms with E-state index in [1.807, 2.05) is 0 Å². The van der Waals surface area contributed by atoms with Crippen LogP contribution in [0.4, 0.5) is 0 Å². The molecular weight excluding hydrogens is 677 g/mol. The Morgan fingerprint density at radius 3 is 2.28 bits per heavy atom. The van der Waals surface area contributed by atoms with Crippen molar-refractivity contribution < 1.29 is 17.9 Å². The first kappa shape index (κ1) is 38.4. The molecule has 8 aliphatic rings. The molecule has 296 valence electrons. The Hall–Kier alpha value is -1.44. The summed E-state index contributed by atoms with van der Waals surface area (Å²) < 4.78 is 29.8. The number of rotatable bonds is 7. The van der Waals surface area contributed by atoms with Crippen LogP contribution < -0.4 is 5.32 Å². The van der Waals surface area contributed by atoms with Crippen molar-refractivity contribution in [2.45, 2.75) is 149 Å². The minimum atomic E-state index is -2.94. The normalized spacial score (nSPS) is 45.7. The SMILES string of the molecule is C=C(C)C1CCC2(NCCN3CCC(S(C)(=O)=O)CC3)CCC3(C)C(CCC4C5(C)CC=C(C6=CCC7(CCOC7=O)CC6)C(C)(C)C5CCC43C)C12. The van der Waals surface area contributed by atoms with E-state index in [4.69, 9.17) is 4.74 Å². The molecule has 2 aliphatic heterocycles. The number of ether oxygens (including phenoxy) is 1. The fraction of sp³-hybridized carbons (Fsp3) is 0.848. The lowest BCUT2D eigenvalue weighted by molar-refractivity contribution is -0.221. The van der Waals surface area contributed by atoms with E-state index in [0.717, 1.165) is 70.6 Å². The first-order chi connectivity index (χ1) is 24.9. The molecule has 8 rings (SSSR count). The Balaban J connectivity index is 1.01. The molecule has 2 heterocycles. The standard InChI is InChI=1S/C46H72N2O4S/c1-31(2)34-13-22-46(47-26-29-48-27-16-33(17-28-48)53(8,50)51)24-23-43(6)36(39(34)46)9-10-38-42(5)18-14-35(41(3,4)37(42)15-19-44(38,43)7)32-11-20-45(21-12-32)25-30-52-40(45)49/h11,14,33-34,36-39,47H,1,9-10,12-13,15-30H2,2-8H3. The van der Waals surface area contributed by atoms with Gasteiger partial charge in [-0.15, -0.1) is 0 Å². The quantitative estimate of drug-likeness (QED) is 0.207. The summed E-state index contributed by atoms with van der Waals surface area (Å²) in [5.41, 5.74) is 5.49. The van der Waals surface area contributed by atoms with Crippen LogP contribution in [0.1, 0.15) is 138 Å². The molecular formula is C46H72N2O4S. The predicted octanol–water partition coefficient (Wildman–Crippen LogP) is 9.07. The van der Waals surface area contributed by atoms with E-state index in [-0.39, 0.29) is 27.6 Å². The monoisotopic (exact) mass is 749 g/mol. The molecule has 0 aromatic rings. The molecule has 6 fully saturated rings. The van der Waals surface area contributed by atoms with Crippen molar-refractivity contribution >= 4 is 15.8 Å². The van der Waals surface area contributed by atoms with Crippen molar-refractivity contribution in [3.63, 3.8) is 0 Å². The number of carbonyl (C=O) groups is 1. The molecule has 0 aromatic carbocycles. The van der Waals surface area contributed by atoms with E-state index in [2.05, 4.69) is 70.5 Å². The van der Waals surface area contributed by atoms with Gasteiger partial charge < -0.3 is 15.0 Å². The Bertz CT molecular complexity index is 1670. The number of esters is 1. The summed E-state index contributed by atoms with van der Waals surface area (Å²) in [7, 11) is -2.94. The van der Waals surface area contributed by atoms with Crippen molar-refractivity contribution in [1.29, 1.82) is 0 Å². The number of likely N-dealkylation sites (tertiary alicyclic amines) is 1. The fourth-order valence-electron chi connectivity index (χ4n) is 15.8. The summed E-state index contributed by atoms with van der Waals surface area (Å²) in [6.45, 7) is 24.7. The smallest absolute Gasteiger partial charge is 0.312 e. The lowest BCUT2D eigenvalue weighted by Crippen LogP contribution is -2.68. The van der Waals surface area contributed by atoms with Crippen molar-refractivity contribution in [3.8, 4) is 0 Å². The number of carbonyl (C=O) groups excluding carboxylic acids is 1. The maximum Gasteiger partial charge on any atom is 0.312 e. The fourth-order valence-corrected chi connectivity index (χ4v) is 16.8. The number of hydrogen-bond acceptors (Lipinski definition) is 6. The molecule has 10 atom stereocenters. The number of nitrogens with one attached hydrogen (secondary N) is 1. The molecule has 0 amide bonds. The summed E-state index contributed by atoms with van der Waals surface area (Å²) in [4.78, 5) is 15.2. The average Bonchev–Trinajstić information content (AvgIpc) is 3.66. The van der Waals surface area contributed by atoms with Gasteiger partial charge in [-0.3, -0.25) is 4.79 Å². The zero-order valence-corrected chi connectivity index (χ0v) is 35.3. The summed E-state index contributed by atoms with van der Waals surface area (Å²) >= 11 is 0. The zero-order chi connectivity index (χ0) is 37.8. The number of piperidine rings is 1. The molecule has 1 spiro atoms. The molecule has 1 N–H and O–H groups in total. The van der Waals surface area contributed by atoms with Crippen LogP contribution in [0.2, 0.25) is 0 Å². The van der Waals surface area contributed by atoms with Gasteiger partial charge in [-0.05, 0) is 179 Å². The Kier molecular flexibility index (Phi) is 9.46. The molecule has 0 aromatic heterocycles. The largest absolute Gasteiger partial charge is 0.465 e. The number of sulfone groups is 1. The number of hydrogen-bond donors (Lipinski definition) is 1. The maximum atomic E-state index is 12.7. The second kappa shape index (κ2) is 13.0. The third-order valence-corrected chi connectivity index (χ3v) is 20.6. The number of nitrogens with zero attached hydrogens (tertiary/aromatic N) is 1. The minimum absolute atomic E-state index is 0.0413. The first-order valence-corrected chi connectivity index (χ1v) is 23.7. The van der Waals surface area contributed by atoms with E-state index in [0.29, 0.717) is 46.5 Å². The Morgan fingerprint density at radius 1 is 0.887 bits per heavy atom. The summed E-state index contributed by atoms with van der Waals surface area (Å²) in [6.07, 6.45) is 23.4. The van der Waals surface area contributed by atoms with Gasteiger partial charge in [0.25, 0.3) is 0 Å². The van der Waals surface area contributed by atoms with Gasteiger partial charge in [0.15, 0.2) is 0 Å². The molecule has 2 saturated heterocycles. The minimum Gasteiger partial charge on any atom is -0.465 e. The third kappa shape index (κ3) is 5.78. The van der Waals surface area contributed by atoms with E-state index in [9.17, 15) is 13.2 Å². The average molecular weight is 749 g/mol. The van der Waals surface area contributed by atoms with Crippen LogP contribution in [-0.4, -0.2) is 69.1 Å². The first-order valence-electron chi connectivity index (χ1n) is 21.8. The van der Waals surface area contributed by atoms with Gasteiger partial charge in [-0.25, -0.2) is 8.42 Å². The van der Waals surface area contributed by atoms with Gasteiger partial charge in [-0.2, -0.15) is 0 Å². The molecule has 4 saturated carbocycles. The molecule has 53 heavy (non-hydrogen) atoms. The van der Waals surface area contributed by atoms with Gasteiger partial charge in [0.2, 0.25) is 0 Å². The second-order valence-electron chi connectivity index (χ2n) is 21.3. The van der Waals surface area contributed by atoms with Crippen molar-refractivity contribution in [1.82, 2.24) is 10.2 Å². The lowest BCUT2D eigenvalue weighted by Gasteiger charge is -2.72. The Labute approximate surface area is 322 Å². The van der Waals surface area contributed by atoms with Crippen molar-refractivity contribution in [2.75, 3.05) is 39.0 Å². The van der Waals surface area contributed by atoms with Crippen LogP contribution in [0.25, 0.3) is 0 Å². The molecule has 7 heteroatoms. The molecule has 6 aliphatic carbocycles. The lowest BCUT2D eigenvalue weighted by atomic mass is 9.33. The van der Waals surface area contributed by atoms with Crippen LogP contribution in [0.3, 0.4) is 0 Å².